The fourth-order valence-electron chi connectivity index (χ4n) is 2.87. The van der Waals surface area contributed by atoms with Crippen molar-refractivity contribution in [1.29, 1.82) is 0 Å². The third-order valence-electron chi connectivity index (χ3n) is 4.07. The molecule has 2 aromatic rings. The number of nitrogens with zero attached hydrogens (tertiary/aromatic N) is 1. The minimum Gasteiger partial charge on any atom is -0.619 e. The fourth-order valence-corrected chi connectivity index (χ4v) is 2.87. The number of ether oxygens (including phenoxy) is 1. The summed E-state index contributed by atoms with van der Waals surface area (Å²) in [4.78, 5) is 12.6. The monoisotopic (exact) mass is 283 g/mol. The molecule has 0 bridgehead atoms. The average molecular weight is 283 g/mol. The van der Waals surface area contributed by atoms with Gasteiger partial charge >= 0.3 is 0 Å². The molecule has 4 nitrogen and oxygen atoms in total. The van der Waals surface area contributed by atoms with Crippen molar-refractivity contribution in [3.63, 3.8) is 0 Å². The van der Waals surface area contributed by atoms with Crippen molar-refractivity contribution in [3.05, 3.63) is 64.6 Å². The molecule has 0 saturated heterocycles. The van der Waals surface area contributed by atoms with Crippen molar-refractivity contribution in [1.82, 2.24) is 0 Å². The summed E-state index contributed by atoms with van der Waals surface area (Å²) in [6.45, 7) is 0. The van der Waals surface area contributed by atoms with Gasteiger partial charge in [-0.05, 0) is 42.5 Å². The smallest absolute Gasteiger partial charge is 0.180 e. The van der Waals surface area contributed by atoms with Crippen LogP contribution in [0, 0.1) is 11.1 Å². The van der Waals surface area contributed by atoms with E-state index in [1.807, 2.05) is 18.2 Å². The Hall–Kier alpha value is -2.36. The van der Waals surface area contributed by atoms with Crippen LogP contribution in [-0.2, 0) is 12.8 Å². The number of aromatic nitrogens is 1. The van der Waals surface area contributed by atoms with Crippen LogP contribution in [0.15, 0.2) is 42.7 Å². The van der Waals surface area contributed by atoms with Crippen molar-refractivity contribution >= 4 is 5.78 Å². The Kier molecular flexibility index (Phi) is 3.60. The van der Waals surface area contributed by atoms with Gasteiger partial charge in [0, 0.05) is 23.6 Å². The number of carbonyl (C=O) groups excluding carboxylic acids is 1. The minimum absolute atomic E-state index is 0.0212. The summed E-state index contributed by atoms with van der Waals surface area (Å²) in [5.74, 6) is 0.871. The first kappa shape index (κ1) is 13.6. The molecule has 3 rings (SSSR count). The van der Waals surface area contributed by atoms with Gasteiger partial charge in [-0.2, -0.15) is 4.73 Å². The van der Waals surface area contributed by atoms with E-state index in [2.05, 4.69) is 0 Å². The van der Waals surface area contributed by atoms with E-state index in [0.29, 0.717) is 6.42 Å². The molecule has 1 atom stereocenters. The molecule has 1 aromatic heterocycles. The highest BCUT2D eigenvalue weighted by molar-refractivity contribution is 6.00. The van der Waals surface area contributed by atoms with E-state index in [1.165, 1.54) is 12.4 Å². The molecule has 0 fully saturated rings. The number of ketones is 1. The fraction of sp³-hybridized carbons (Fsp3) is 0.294. The number of hydrogen-bond donors (Lipinski definition) is 0. The molecule has 0 N–H and O–H groups in total. The zero-order valence-corrected chi connectivity index (χ0v) is 11.9. The lowest BCUT2D eigenvalue weighted by molar-refractivity contribution is -0.605. The Labute approximate surface area is 123 Å². The number of benzene rings is 1. The molecule has 1 aromatic carbocycles. The first-order valence-electron chi connectivity index (χ1n) is 7.06. The summed E-state index contributed by atoms with van der Waals surface area (Å²) < 4.78 is 5.96. The molecule has 1 heterocycles. The minimum atomic E-state index is -0.0212. The third kappa shape index (κ3) is 2.75. The van der Waals surface area contributed by atoms with Crippen molar-refractivity contribution in [3.8, 4) is 5.75 Å². The maximum absolute atomic E-state index is 12.6. The normalized spacial score (nSPS) is 17.4. The molecule has 1 aliphatic rings. The van der Waals surface area contributed by atoms with E-state index in [1.54, 1.807) is 19.2 Å². The molecule has 4 heteroatoms. The van der Waals surface area contributed by atoms with Crippen LogP contribution >= 0.6 is 0 Å². The third-order valence-corrected chi connectivity index (χ3v) is 4.07. The number of hydrogen-bond acceptors (Lipinski definition) is 3. The van der Waals surface area contributed by atoms with E-state index in [-0.39, 0.29) is 11.7 Å². The average Bonchev–Trinajstić information content (AvgIpc) is 2.52. The van der Waals surface area contributed by atoms with Crippen LogP contribution < -0.4 is 9.47 Å². The Morgan fingerprint density at radius 1 is 1.29 bits per heavy atom. The quantitative estimate of drug-likeness (QED) is 0.641. The van der Waals surface area contributed by atoms with E-state index in [4.69, 9.17) is 4.74 Å². The Balaban J connectivity index is 1.82. The van der Waals surface area contributed by atoms with Crippen molar-refractivity contribution in [2.45, 2.75) is 19.3 Å². The van der Waals surface area contributed by atoms with Crippen molar-refractivity contribution in [2.75, 3.05) is 7.11 Å². The number of carbonyl (C=O) groups is 1. The highest BCUT2D eigenvalue weighted by atomic mass is 16.5. The van der Waals surface area contributed by atoms with Gasteiger partial charge in [-0.1, -0.05) is 6.07 Å². The summed E-state index contributed by atoms with van der Waals surface area (Å²) in [5, 5.41) is 11.0. The zero-order chi connectivity index (χ0) is 14.8. The molecule has 0 amide bonds. The van der Waals surface area contributed by atoms with Crippen LogP contribution in [0.3, 0.4) is 0 Å². The second kappa shape index (κ2) is 5.56. The Morgan fingerprint density at radius 3 is 2.76 bits per heavy atom. The van der Waals surface area contributed by atoms with Crippen LogP contribution in [0.4, 0.5) is 0 Å². The lowest BCUT2D eigenvalue weighted by Crippen LogP contribution is -2.26. The summed E-state index contributed by atoms with van der Waals surface area (Å²) in [6.07, 6.45) is 5.38. The number of methoxy groups -OCH3 is 1. The molecular weight excluding hydrogens is 266 g/mol. The predicted octanol–water partition coefficient (Wildman–Crippen LogP) is 2.32. The maximum Gasteiger partial charge on any atom is 0.180 e. The number of pyridine rings is 1. The van der Waals surface area contributed by atoms with Gasteiger partial charge in [-0.25, -0.2) is 0 Å². The highest BCUT2D eigenvalue weighted by Gasteiger charge is 2.27. The van der Waals surface area contributed by atoms with E-state index in [0.717, 1.165) is 40.0 Å². The van der Waals surface area contributed by atoms with E-state index >= 15 is 0 Å². The number of Topliss-reactive ketones (excluding diaryl/α,β-unsaturated/α-hetero) is 1. The summed E-state index contributed by atoms with van der Waals surface area (Å²) in [5.41, 5.74) is 2.90. The second-order valence-electron chi connectivity index (χ2n) is 5.39. The van der Waals surface area contributed by atoms with Crippen molar-refractivity contribution < 1.29 is 14.3 Å². The lowest BCUT2D eigenvalue weighted by atomic mass is 9.80. The maximum atomic E-state index is 12.6. The number of rotatable bonds is 3. The standard InChI is InChI=1S/C17H17NO3/c1-21-15-5-4-13-2-3-14(17(19)16(13)11-15)10-12-6-8-18(20)9-7-12/h4-9,11,14H,2-3,10H2,1H3. The predicted molar refractivity (Wildman–Crippen MR) is 78.2 cm³/mol. The Morgan fingerprint density at radius 2 is 2.05 bits per heavy atom. The van der Waals surface area contributed by atoms with Gasteiger partial charge in [0.25, 0.3) is 0 Å². The van der Waals surface area contributed by atoms with E-state index < -0.39 is 0 Å². The zero-order valence-electron chi connectivity index (χ0n) is 11.9. The van der Waals surface area contributed by atoms with E-state index in [9.17, 15) is 10.0 Å². The molecule has 0 radical (unpaired) electrons. The summed E-state index contributed by atoms with van der Waals surface area (Å²) in [7, 11) is 1.61. The van der Waals surface area contributed by atoms with Gasteiger partial charge in [0.05, 0.1) is 7.11 Å². The molecule has 1 unspecified atom stereocenters. The van der Waals surface area contributed by atoms with Crippen LogP contribution in [0.5, 0.6) is 5.75 Å². The number of fused-ring (bicyclic) bond motifs is 1. The molecule has 21 heavy (non-hydrogen) atoms. The van der Waals surface area contributed by atoms with Gasteiger partial charge in [-0.15, -0.1) is 0 Å². The topological polar surface area (TPSA) is 53.2 Å². The van der Waals surface area contributed by atoms with Crippen LogP contribution in [0.1, 0.15) is 27.9 Å². The second-order valence-corrected chi connectivity index (χ2v) is 5.39. The SMILES string of the molecule is COc1ccc2c(c1)C(=O)C(Cc1cc[n+]([O-])cc1)CC2. The first-order valence-corrected chi connectivity index (χ1v) is 7.06. The van der Waals surface area contributed by atoms with Crippen LogP contribution in [0.25, 0.3) is 0 Å². The van der Waals surface area contributed by atoms with Gasteiger partial charge in [0.15, 0.2) is 18.2 Å². The molecule has 0 spiro atoms. The number of aryl methyl sites for hydroxylation is 1. The first-order chi connectivity index (χ1) is 10.2. The van der Waals surface area contributed by atoms with Gasteiger partial charge in [0.1, 0.15) is 5.75 Å². The molecule has 0 aliphatic heterocycles. The molecule has 1 aliphatic carbocycles. The molecule has 0 saturated carbocycles. The van der Waals surface area contributed by atoms with Gasteiger partial charge < -0.3 is 9.94 Å². The lowest BCUT2D eigenvalue weighted by Gasteiger charge is -2.23. The molecule has 108 valence electrons. The largest absolute Gasteiger partial charge is 0.619 e. The van der Waals surface area contributed by atoms with Crippen LogP contribution in [-0.4, -0.2) is 12.9 Å². The summed E-state index contributed by atoms with van der Waals surface area (Å²) >= 11 is 0. The van der Waals surface area contributed by atoms with Crippen LogP contribution in [0.2, 0.25) is 0 Å². The summed E-state index contributed by atoms with van der Waals surface area (Å²) in [6, 6.07) is 9.27. The molecular formula is C17H17NO3. The highest BCUT2D eigenvalue weighted by Crippen LogP contribution is 2.30. The van der Waals surface area contributed by atoms with Gasteiger partial charge in [-0.3, -0.25) is 4.79 Å². The van der Waals surface area contributed by atoms with Gasteiger partial charge in [0.2, 0.25) is 0 Å². The van der Waals surface area contributed by atoms with Crippen molar-refractivity contribution in [2.24, 2.45) is 5.92 Å². The Bertz CT molecular complexity index is 664.